The van der Waals surface area contributed by atoms with E-state index in [2.05, 4.69) is 16.0 Å². The molecule has 0 unspecified atom stereocenters. The highest BCUT2D eigenvalue weighted by atomic mass is 16.5. The Hall–Kier alpha value is -3.01. The molecule has 0 aromatic heterocycles. The number of likely N-dealkylation sites (N-methyl/N-ethyl adjacent to an activating group) is 1. The molecule has 0 bridgehead atoms. The molecular formula is C28H45N5O5. The Morgan fingerprint density at radius 2 is 1.89 bits per heavy atom. The first-order valence-corrected chi connectivity index (χ1v) is 13.9. The minimum absolute atomic E-state index is 0.0177. The van der Waals surface area contributed by atoms with Crippen LogP contribution in [-0.2, 0) is 11.2 Å². The molecule has 4 N–H and O–H groups in total. The Morgan fingerprint density at radius 1 is 1.18 bits per heavy atom. The number of carbonyl (C=O) groups excluding carboxylic acids is 3. The minimum Gasteiger partial charge on any atom is -0.488 e. The van der Waals surface area contributed by atoms with Gasteiger partial charge in [-0.1, -0.05) is 26.2 Å². The fourth-order valence-electron chi connectivity index (χ4n) is 5.04. The number of nitrogens with one attached hydrogen (secondary N) is 3. The van der Waals surface area contributed by atoms with Crippen molar-refractivity contribution in [2.75, 3.05) is 32.1 Å². The van der Waals surface area contributed by atoms with Crippen LogP contribution in [0.5, 0.6) is 5.75 Å². The van der Waals surface area contributed by atoms with Gasteiger partial charge in [0.2, 0.25) is 5.91 Å². The molecule has 1 fully saturated rings. The van der Waals surface area contributed by atoms with Gasteiger partial charge in [0, 0.05) is 42.8 Å². The van der Waals surface area contributed by atoms with Gasteiger partial charge in [-0.3, -0.25) is 4.79 Å². The Morgan fingerprint density at radius 3 is 2.55 bits per heavy atom. The summed E-state index contributed by atoms with van der Waals surface area (Å²) in [6, 6.07) is 4.63. The fourth-order valence-corrected chi connectivity index (χ4v) is 5.04. The van der Waals surface area contributed by atoms with Gasteiger partial charge in [0.25, 0.3) is 0 Å². The lowest BCUT2D eigenvalue weighted by Crippen LogP contribution is -2.50. The number of ether oxygens (including phenoxy) is 1. The zero-order valence-corrected chi connectivity index (χ0v) is 23.5. The highest BCUT2D eigenvalue weighted by molar-refractivity contribution is 5.90. The number of aliphatic hydroxyl groups is 1. The van der Waals surface area contributed by atoms with Crippen molar-refractivity contribution >= 4 is 23.7 Å². The van der Waals surface area contributed by atoms with Crippen molar-refractivity contribution in [2.45, 2.75) is 90.4 Å². The van der Waals surface area contributed by atoms with Gasteiger partial charge in [-0.2, -0.15) is 0 Å². The van der Waals surface area contributed by atoms with Crippen molar-refractivity contribution in [1.29, 1.82) is 0 Å². The van der Waals surface area contributed by atoms with E-state index in [0.29, 0.717) is 30.1 Å². The highest BCUT2D eigenvalue weighted by Gasteiger charge is 2.32. The Kier molecular flexibility index (Phi) is 10.6. The van der Waals surface area contributed by atoms with Crippen LogP contribution in [-0.4, -0.2) is 83.8 Å². The molecule has 1 heterocycles. The number of nitrogens with zero attached hydrogens (tertiary/aromatic N) is 2. The molecule has 10 nitrogen and oxygen atoms in total. The topological polar surface area (TPSA) is 123 Å². The van der Waals surface area contributed by atoms with E-state index in [1.165, 1.54) is 6.42 Å². The summed E-state index contributed by atoms with van der Waals surface area (Å²) >= 11 is 0. The van der Waals surface area contributed by atoms with Crippen molar-refractivity contribution in [2.24, 2.45) is 5.92 Å². The van der Waals surface area contributed by atoms with Gasteiger partial charge >= 0.3 is 12.1 Å². The number of amides is 5. The summed E-state index contributed by atoms with van der Waals surface area (Å²) in [6.07, 6.45) is 5.18. The van der Waals surface area contributed by atoms with Crippen LogP contribution in [0, 0.1) is 5.92 Å². The highest BCUT2D eigenvalue weighted by Crippen LogP contribution is 2.29. The summed E-state index contributed by atoms with van der Waals surface area (Å²) in [5.41, 5.74) is 1.19. The van der Waals surface area contributed by atoms with Crippen LogP contribution < -0.4 is 20.7 Å². The summed E-state index contributed by atoms with van der Waals surface area (Å²) < 4.78 is 6.48. The third-order valence-corrected chi connectivity index (χ3v) is 7.33. The molecular weight excluding hydrogens is 486 g/mol. The maximum atomic E-state index is 13.4. The molecule has 3 rings (SSSR count). The second kappa shape index (κ2) is 13.7. The number of rotatable bonds is 7. The van der Waals surface area contributed by atoms with Gasteiger partial charge in [-0.15, -0.1) is 0 Å². The molecule has 10 heteroatoms. The molecule has 1 aliphatic heterocycles. The van der Waals surface area contributed by atoms with E-state index in [4.69, 9.17) is 4.74 Å². The van der Waals surface area contributed by atoms with Crippen LogP contribution >= 0.6 is 0 Å². The molecule has 212 valence electrons. The zero-order valence-electron chi connectivity index (χ0n) is 23.5. The largest absolute Gasteiger partial charge is 0.488 e. The van der Waals surface area contributed by atoms with Gasteiger partial charge < -0.3 is 35.6 Å². The van der Waals surface area contributed by atoms with Crippen LogP contribution in [0.2, 0.25) is 0 Å². The van der Waals surface area contributed by atoms with Crippen LogP contribution in [0.4, 0.5) is 15.3 Å². The van der Waals surface area contributed by atoms with Gasteiger partial charge in [-0.25, -0.2) is 9.59 Å². The van der Waals surface area contributed by atoms with E-state index in [9.17, 15) is 19.5 Å². The molecule has 3 atom stereocenters. The fraction of sp³-hybridized carbons (Fsp3) is 0.679. The summed E-state index contributed by atoms with van der Waals surface area (Å²) in [5, 5.41) is 18.6. The lowest BCUT2D eigenvalue weighted by molar-refractivity contribution is -0.134. The number of fused-ring (bicyclic) bond motifs is 1. The van der Waals surface area contributed by atoms with E-state index >= 15 is 0 Å². The standard InChI is InChI=1S/C28H45N5O5/c1-18(2)29-27(36)30-23-11-12-24-21(13-23)14-26(35)33(20(4)17-34)15-19(3)25(38-24)16-32(5)28(37)31-22-9-7-6-8-10-22/h11-13,18-20,22,25,34H,6-10,14-17H2,1-5H3,(H,31,37)(H2,29,30,36)/t19-,20+,25-/m1/s1. The predicted molar refractivity (Wildman–Crippen MR) is 147 cm³/mol. The monoisotopic (exact) mass is 531 g/mol. The number of benzene rings is 1. The first kappa shape index (κ1) is 29.5. The third kappa shape index (κ3) is 8.24. The van der Waals surface area contributed by atoms with Gasteiger partial charge in [-0.05, 0) is 51.8 Å². The number of carbonyl (C=O) groups is 3. The molecule has 0 saturated heterocycles. The van der Waals surface area contributed by atoms with E-state index in [1.54, 1.807) is 35.0 Å². The normalized spacial score (nSPS) is 21.3. The number of hydrogen-bond donors (Lipinski definition) is 4. The quantitative estimate of drug-likeness (QED) is 0.430. The smallest absolute Gasteiger partial charge is 0.319 e. The van der Waals surface area contributed by atoms with Crippen molar-refractivity contribution in [3.63, 3.8) is 0 Å². The summed E-state index contributed by atoms with van der Waals surface area (Å²) in [6.45, 7) is 8.14. The average Bonchev–Trinajstić information content (AvgIpc) is 2.91. The zero-order chi connectivity index (χ0) is 27.8. The number of aliphatic hydroxyl groups excluding tert-OH is 1. The van der Waals surface area contributed by atoms with Crippen LogP contribution in [0.25, 0.3) is 0 Å². The summed E-state index contributed by atoms with van der Waals surface area (Å²) in [5.74, 6) is 0.305. The first-order valence-electron chi connectivity index (χ1n) is 13.9. The number of hydrogen-bond acceptors (Lipinski definition) is 5. The lowest BCUT2D eigenvalue weighted by Gasteiger charge is -2.34. The third-order valence-electron chi connectivity index (χ3n) is 7.33. The van der Waals surface area contributed by atoms with Crippen molar-refractivity contribution in [3.05, 3.63) is 23.8 Å². The van der Waals surface area contributed by atoms with Crippen molar-refractivity contribution < 1.29 is 24.2 Å². The minimum atomic E-state index is -0.391. The molecule has 2 aliphatic rings. The van der Waals surface area contributed by atoms with Crippen molar-refractivity contribution in [3.8, 4) is 5.75 Å². The molecule has 1 aromatic rings. The van der Waals surface area contributed by atoms with Gasteiger partial charge in [0.05, 0.1) is 25.6 Å². The maximum Gasteiger partial charge on any atom is 0.319 e. The average molecular weight is 532 g/mol. The second-order valence-corrected chi connectivity index (χ2v) is 11.1. The van der Waals surface area contributed by atoms with Crippen molar-refractivity contribution in [1.82, 2.24) is 20.4 Å². The molecule has 0 spiro atoms. The SMILES string of the molecule is CC(C)NC(=O)Nc1ccc2c(c1)CC(=O)N([C@@H](C)CO)C[C@@H](C)[C@@H](CN(C)C(=O)NC1CCCCC1)O2. The van der Waals surface area contributed by atoms with E-state index in [1.807, 2.05) is 27.7 Å². The van der Waals surface area contributed by atoms with E-state index < -0.39 is 6.10 Å². The lowest BCUT2D eigenvalue weighted by atomic mass is 9.96. The maximum absolute atomic E-state index is 13.4. The predicted octanol–water partition coefficient (Wildman–Crippen LogP) is 3.34. The summed E-state index contributed by atoms with van der Waals surface area (Å²) in [4.78, 5) is 41.9. The van der Waals surface area contributed by atoms with Crippen LogP contribution in [0.15, 0.2) is 18.2 Å². The van der Waals surface area contributed by atoms with Crippen LogP contribution in [0.3, 0.4) is 0 Å². The first-order chi connectivity index (χ1) is 18.1. The number of anilines is 1. The molecule has 1 saturated carbocycles. The number of urea groups is 2. The molecule has 0 radical (unpaired) electrons. The summed E-state index contributed by atoms with van der Waals surface area (Å²) in [7, 11) is 1.77. The molecule has 38 heavy (non-hydrogen) atoms. The van der Waals surface area contributed by atoms with Gasteiger partial charge in [0.1, 0.15) is 11.9 Å². The van der Waals surface area contributed by atoms with Gasteiger partial charge in [0.15, 0.2) is 0 Å². The van der Waals surface area contributed by atoms with Crippen LogP contribution in [0.1, 0.15) is 65.4 Å². The molecule has 5 amide bonds. The second-order valence-electron chi connectivity index (χ2n) is 11.1. The van der Waals surface area contributed by atoms with E-state index in [0.717, 1.165) is 25.7 Å². The molecule has 1 aromatic carbocycles. The Balaban J connectivity index is 1.83. The Labute approximate surface area is 226 Å². The Bertz CT molecular complexity index is 965. The molecule has 1 aliphatic carbocycles. The van der Waals surface area contributed by atoms with E-state index in [-0.39, 0.29) is 55.0 Å².